The number of benzene rings is 5. The van der Waals surface area contributed by atoms with E-state index < -0.39 is 17.1 Å². The van der Waals surface area contributed by atoms with Gasteiger partial charge in [0.15, 0.2) is 0 Å². The summed E-state index contributed by atoms with van der Waals surface area (Å²) in [6, 6.07) is 38.2. The van der Waals surface area contributed by atoms with E-state index in [1.807, 2.05) is 91.8 Å². The van der Waals surface area contributed by atoms with Crippen LogP contribution in [0.1, 0.15) is 26.7 Å². The third-order valence-electron chi connectivity index (χ3n) is 7.57. The number of anilines is 3. The second-order valence-electron chi connectivity index (χ2n) is 11.3. The molecule has 5 rings (SSSR count). The Bertz CT molecular complexity index is 1930. The zero-order chi connectivity index (χ0) is 35.5. The number of ether oxygens (including phenoxy) is 2. The zero-order valence-electron chi connectivity index (χ0n) is 28.2. The van der Waals surface area contributed by atoms with Gasteiger partial charge in [0.05, 0.1) is 14.2 Å². The molecule has 0 saturated carbocycles. The van der Waals surface area contributed by atoms with Crippen molar-refractivity contribution in [2.75, 3.05) is 43.8 Å². The Balaban J connectivity index is 1.34. The van der Waals surface area contributed by atoms with Crippen LogP contribution in [-0.4, -0.2) is 46.0 Å². The molecule has 0 aliphatic rings. The molecule has 5 aromatic rings. The van der Waals surface area contributed by atoms with Crippen molar-refractivity contribution < 1.29 is 23.9 Å². The van der Waals surface area contributed by atoms with Gasteiger partial charge in [-0.3, -0.25) is 14.4 Å². The van der Waals surface area contributed by atoms with Crippen molar-refractivity contribution >= 4 is 52.6 Å². The molecule has 10 heteroatoms. The minimum atomic E-state index is -0.588. The molecule has 0 fully saturated rings. The third-order valence-corrected chi connectivity index (χ3v) is 8.84. The quantitative estimate of drug-likeness (QED) is 0.0863. The predicted octanol–water partition coefficient (Wildman–Crippen LogP) is 7.65. The average molecular weight is 687 g/mol. The first kappa shape index (κ1) is 35.3. The first-order valence-corrected chi connectivity index (χ1v) is 16.6. The molecule has 1 unspecified atom stereocenters. The van der Waals surface area contributed by atoms with Gasteiger partial charge in [-0.25, -0.2) is 0 Å². The number of thioether (sulfide) groups is 1. The van der Waals surface area contributed by atoms with Gasteiger partial charge in [0.1, 0.15) is 22.4 Å². The van der Waals surface area contributed by atoms with E-state index >= 15 is 0 Å². The van der Waals surface area contributed by atoms with Crippen LogP contribution in [-0.2, 0) is 9.59 Å². The van der Waals surface area contributed by atoms with Gasteiger partial charge in [0.2, 0.25) is 5.91 Å². The highest BCUT2D eigenvalue weighted by Gasteiger charge is 2.23. The summed E-state index contributed by atoms with van der Waals surface area (Å²) in [6.07, 6.45) is 1.64. The molecule has 5 aromatic carbocycles. The molecule has 254 valence electrons. The van der Waals surface area contributed by atoms with Crippen LogP contribution >= 0.6 is 11.8 Å². The largest absolute Gasteiger partial charge is 0.497 e. The number of hydrogen-bond acceptors (Lipinski definition) is 7. The number of nitrogens with zero attached hydrogens (tertiary/aromatic N) is 1. The Kier molecular flexibility index (Phi) is 11.9. The second-order valence-corrected chi connectivity index (χ2v) is 12.5. The maximum Gasteiger partial charge on any atom is 0.272 e. The molecule has 0 spiro atoms. The highest BCUT2D eigenvalue weighted by atomic mass is 32.2. The summed E-state index contributed by atoms with van der Waals surface area (Å²) in [4.78, 5) is 43.1. The Hall–Kier alpha value is -6.00. The molecule has 9 nitrogen and oxygen atoms in total. The molecule has 1 atom stereocenters. The van der Waals surface area contributed by atoms with Gasteiger partial charge >= 0.3 is 0 Å². The maximum atomic E-state index is 13.7. The van der Waals surface area contributed by atoms with Crippen LogP contribution in [0.4, 0.5) is 17.1 Å². The second kappa shape index (κ2) is 16.9. The molecule has 3 amide bonds. The summed E-state index contributed by atoms with van der Waals surface area (Å²) in [5.41, 5.74) is 4.16. The lowest BCUT2D eigenvalue weighted by Gasteiger charge is -2.18. The van der Waals surface area contributed by atoms with Gasteiger partial charge in [-0.1, -0.05) is 60.7 Å². The van der Waals surface area contributed by atoms with Gasteiger partial charge in [0, 0.05) is 59.8 Å². The van der Waals surface area contributed by atoms with Crippen molar-refractivity contribution in [3.8, 4) is 11.5 Å². The lowest BCUT2D eigenvalue weighted by molar-refractivity contribution is -0.116. The monoisotopic (exact) mass is 686 g/mol. The van der Waals surface area contributed by atoms with Gasteiger partial charge < -0.3 is 30.3 Å². The minimum Gasteiger partial charge on any atom is -0.497 e. The Morgan fingerprint density at radius 2 is 1.30 bits per heavy atom. The van der Waals surface area contributed by atoms with Crippen LogP contribution in [0.2, 0.25) is 0 Å². The van der Waals surface area contributed by atoms with E-state index in [0.29, 0.717) is 28.4 Å². The molecule has 3 N–H and O–H groups in total. The predicted molar refractivity (Wildman–Crippen MR) is 201 cm³/mol. The average Bonchev–Trinajstić information content (AvgIpc) is 3.14. The molecule has 0 aliphatic carbocycles. The summed E-state index contributed by atoms with van der Waals surface area (Å²) in [7, 11) is 7.00. The van der Waals surface area contributed by atoms with E-state index in [0.717, 1.165) is 21.7 Å². The lowest BCUT2D eigenvalue weighted by Crippen LogP contribution is -2.30. The number of nitrogens with one attached hydrogen (secondary N) is 3. The van der Waals surface area contributed by atoms with Crippen molar-refractivity contribution in [3.05, 3.63) is 150 Å². The van der Waals surface area contributed by atoms with E-state index in [-0.39, 0.29) is 11.6 Å². The maximum absolute atomic E-state index is 13.7. The topological polar surface area (TPSA) is 109 Å². The smallest absolute Gasteiger partial charge is 0.272 e. The van der Waals surface area contributed by atoms with Crippen molar-refractivity contribution in [2.24, 2.45) is 0 Å². The Morgan fingerprint density at radius 3 is 1.88 bits per heavy atom. The normalized spacial score (nSPS) is 11.6. The fourth-order valence-electron chi connectivity index (χ4n) is 4.92. The Morgan fingerprint density at radius 1 is 0.700 bits per heavy atom. The van der Waals surface area contributed by atoms with Crippen LogP contribution in [0.25, 0.3) is 6.08 Å². The molecule has 0 radical (unpaired) electrons. The van der Waals surface area contributed by atoms with Crippen LogP contribution in [0, 0.1) is 0 Å². The van der Waals surface area contributed by atoms with Crippen molar-refractivity contribution in [1.29, 1.82) is 0 Å². The fraction of sp³-hybridized carbons (Fsp3) is 0.125. The van der Waals surface area contributed by atoms with E-state index in [2.05, 4.69) is 16.0 Å². The summed E-state index contributed by atoms with van der Waals surface area (Å²) in [5, 5.41) is 8.08. The zero-order valence-corrected chi connectivity index (χ0v) is 29.0. The molecule has 50 heavy (non-hydrogen) atoms. The third kappa shape index (κ3) is 9.55. The van der Waals surface area contributed by atoms with Crippen LogP contribution in [0.3, 0.4) is 0 Å². The van der Waals surface area contributed by atoms with E-state index in [9.17, 15) is 14.4 Å². The summed E-state index contributed by atoms with van der Waals surface area (Å²) < 4.78 is 10.7. The molecule has 0 bridgehead atoms. The van der Waals surface area contributed by atoms with Crippen LogP contribution in [0.15, 0.2) is 138 Å². The number of hydrogen-bond donors (Lipinski definition) is 3. The number of methoxy groups -OCH3 is 2. The van der Waals surface area contributed by atoms with E-state index in [1.165, 1.54) is 11.8 Å². The van der Waals surface area contributed by atoms with Crippen molar-refractivity contribution in [3.63, 3.8) is 0 Å². The number of rotatable bonds is 13. The van der Waals surface area contributed by atoms with Crippen molar-refractivity contribution in [2.45, 2.75) is 10.1 Å². The highest BCUT2D eigenvalue weighted by Crippen LogP contribution is 2.37. The molecule has 0 saturated heterocycles. The first-order chi connectivity index (χ1) is 24.2. The molecular weight excluding hydrogens is 649 g/mol. The van der Waals surface area contributed by atoms with Crippen molar-refractivity contribution in [1.82, 2.24) is 5.32 Å². The first-order valence-electron chi connectivity index (χ1n) is 15.7. The number of carbonyl (C=O) groups excluding carboxylic acids is 3. The number of amides is 3. The lowest BCUT2D eigenvalue weighted by atomic mass is 10.1. The summed E-state index contributed by atoms with van der Waals surface area (Å²) >= 11 is 1.37. The van der Waals surface area contributed by atoms with E-state index in [1.54, 1.807) is 74.9 Å². The summed E-state index contributed by atoms with van der Waals surface area (Å²) in [6.45, 7) is 0. The van der Waals surface area contributed by atoms with Crippen LogP contribution in [0.5, 0.6) is 11.5 Å². The van der Waals surface area contributed by atoms with Crippen LogP contribution < -0.4 is 30.3 Å². The van der Waals surface area contributed by atoms with Gasteiger partial charge in [-0.05, 0) is 65.7 Å². The van der Waals surface area contributed by atoms with Gasteiger partial charge in [0.25, 0.3) is 11.8 Å². The fourth-order valence-corrected chi connectivity index (χ4v) is 5.94. The van der Waals surface area contributed by atoms with Gasteiger partial charge in [-0.15, -0.1) is 11.8 Å². The van der Waals surface area contributed by atoms with Gasteiger partial charge in [-0.2, -0.15) is 0 Å². The molecule has 0 aromatic heterocycles. The number of carbonyl (C=O) groups is 3. The molecule has 0 aliphatic heterocycles. The Labute approximate surface area is 296 Å². The molecular formula is C40H38N4O5S. The highest BCUT2D eigenvalue weighted by molar-refractivity contribution is 8.00. The minimum absolute atomic E-state index is 0.0879. The molecule has 0 heterocycles. The van der Waals surface area contributed by atoms with E-state index in [4.69, 9.17) is 9.47 Å². The SMILES string of the molecule is COc1cc(NC(=O)C(Sc2ccc(NC(=O)/C(=C/c3ccc(N(C)C)cc3)NC(=O)c3ccccc3)cc2)c2ccccc2)cc(OC)c1. The summed E-state index contributed by atoms with van der Waals surface area (Å²) in [5.74, 6) is 0.00137. The standard InChI is InChI=1S/C40H38N4O5S/c1-44(2)32-19-15-27(16-20-32)23-36(43-38(45)29-13-9-6-10-14-29)39(46)41-30-17-21-35(22-18-30)50-37(28-11-7-5-8-12-28)40(47)42-31-24-33(48-3)26-34(25-31)49-4/h5-26,37H,1-4H3,(H,41,46)(H,42,47)(H,43,45)/b36-23-.